The highest BCUT2D eigenvalue weighted by Crippen LogP contribution is 2.30. The van der Waals surface area contributed by atoms with Crippen LogP contribution in [0.2, 0.25) is 0 Å². The van der Waals surface area contributed by atoms with Crippen molar-refractivity contribution in [2.24, 2.45) is 5.92 Å². The molecule has 3 aromatic rings. The van der Waals surface area contributed by atoms with Crippen LogP contribution in [0.1, 0.15) is 36.2 Å². The third kappa shape index (κ3) is 4.51. The molecule has 5 nitrogen and oxygen atoms in total. The highest BCUT2D eigenvalue weighted by atomic mass is 19.1. The first-order valence-electron chi connectivity index (χ1n) is 10.8. The summed E-state index contributed by atoms with van der Waals surface area (Å²) >= 11 is 0. The van der Waals surface area contributed by atoms with Gasteiger partial charge < -0.3 is 15.2 Å². The quantitative estimate of drug-likeness (QED) is 0.588. The Bertz CT molecular complexity index is 1230. The Morgan fingerprint density at radius 2 is 1.82 bits per heavy atom. The third-order valence-electron chi connectivity index (χ3n) is 5.92. The van der Waals surface area contributed by atoms with Crippen molar-refractivity contribution < 1.29 is 22.8 Å². The average molecular weight is 455 g/mol. The molecule has 1 aliphatic rings. The smallest absolute Gasteiger partial charge is 0.257 e. The van der Waals surface area contributed by atoms with Crippen LogP contribution in [-0.2, 0) is 4.79 Å². The lowest BCUT2D eigenvalue weighted by Gasteiger charge is -2.32. The van der Waals surface area contributed by atoms with Crippen LogP contribution < -0.4 is 5.32 Å². The Balaban J connectivity index is 1.49. The van der Waals surface area contributed by atoms with Crippen molar-refractivity contribution in [3.8, 4) is 0 Å². The van der Waals surface area contributed by atoms with Crippen LogP contribution in [0.25, 0.3) is 16.5 Å². The lowest BCUT2D eigenvalue weighted by Crippen LogP contribution is -2.52. The highest BCUT2D eigenvalue weighted by molar-refractivity contribution is 5.98. The molecule has 2 aromatic carbocycles. The van der Waals surface area contributed by atoms with E-state index in [0.717, 1.165) is 28.7 Å². The van der Waals surface area contributed by atoms with E-state index in [1.165, 1.54) is 18.2 Å². The zero-order valence-corrected chi connectivity index (χ0v) is 18.3. The SMILES string of the molecule is CC(C)[C@H](NC(=O)c1c(F)cccc1F)C(=O)N1CC=C(c2c[nH]c3cc(F)ccc23)CC1. The Morgan fingerprint density at radius 1 is 1.09 bits per heavy atom. The number of carbonyl (C=O) groups is 2. The second-order valence-corrected chi connectivity index (χ2v) is 8.45. The predicted octanol–water partition coefficient (Wildman–Crippen LogP) is 4.66. The monoisotopic (exact) mass is 455 g/mol. The molecular formula is C25H24F3N3O2. The van der Waals surface area contributed by atoms with Crippen molar-refractivity contribution >= 4 is 28.3 Å². The van der Waals surface area contributed by atoms with Gasteiger partial charge in [0, 0.05) is 35.8 Å². The lowest BCUT2D eigenvalue weighted by atomic mass is 9.97. The number of nitrogens with zero attached hydrogens (tertiary/aromatic N) is 1. The van der Waals surface area contributed by atoms with Gasteiger partial charge in [0.2, 0.25) is 5.91 Å². The molecule has 0 saturated carbocycles. The molecule has 2 heterocycles. The maximum absolute atomic E-state index is 14.0. The van der Waals surface area contributed by atoms with E-state index in [2.05, 4.69) is 10.3 Å². The first kappa shape index (κ1) is 22.6. The Hall–Kier alpha value is -3.55. The molecule has 8 heteroatoms. The molecule has 33 heavy (non-hydrogen) atoms. The van der Waals surface area contributed by atoms with Crippen molar-refractivity contribution in [1.29, 1.82) is 0 Å². The number of benzene rings is 2. The van der Waals surface area contributed by atoms with Gasteiger partial charge in [-0.3, -0.25) is 9.59 Å². The number of amides is 2. The van der Waals surface area contributed by atoms with Crippen LogP contribution in [0, 0.1) is 23.4 Å². The molecule has 0 saturated heterocycles. The number of aromatic nitrogens is 1. The van der Waals surface area contributed by atoms with E-state index in [1.54, 1.807) is 24.8 Å². The van der Waals surface area contributed by atoms with Crippen LogP contribution in [0.4, 0.5) is 13.2 Å². The molecule has 2 N–H and O–H groups in total. The van der Waals surface area contributed by atoms with Gasteiger partial charge in [0.15, 0.2) is 0 Å². The zero-order valence-electron chi connectivity index (χ0n) is 18.3. The molecule has 0 spiro atoms. The summed E-state index contributed by atoms with van der Waals surface area (Å²) in [4.78, 5) is 30.4. The molecule has 0 radical (unpaired) electrons. The summed E-state index contributed by atoms with van der Waals surface area (Å²) in [5.41, 5.74) is 2.00. The second kappa shape index (κ2) is 9.13. The van der Waals surface area contributed by atoms with Gasteiger partial charge in [0.25, 0.3) is 5.91 Å². The van der Waals surface area contributed by atoms with Crippen molar-refractivity contribution in [1.82, 2.24) is 15.2 Å². The largest absolute Gasteiger partial charge is 0.360 e. The van der Waals surface area contributed by atoms with Crippen LogP contribution in [-0.4, -0.2) is 40.8 Å². The van der Waals surface area contributed by atoms with Gasteiger partial charge in [-0.2, -0.15) is 0 Å². The summed E-state index contributed by atoms with van der Waals surface area (Å²) in [5.74, 6) is -3.84. The molecule has 0 bridgehead atoms. The minimum absolute atomic E-state index is 0.287. The number of carbonyl (C=O) groups excluding carboxylic acids is 2. The van der Waals surface area contributed by atoms with Crippen molar-refractivity contribution in [2.75, 3.05) is 13.1 Å². The normalized spacial score (nSPS) is 15.0. The molecule has 1 aliphatic heterocycles. The summed E-state index contributed by atoms with van der Waals surface area (Å²) in [6.45, 7) is 4.27. The second-order valence-electron chi connectivity index (χ2n) is 8.45. The molecule has 172 valence electrons. The van der Waals surface area contributed by atoms with Crippen LogP contribution in [0.5, 0.6) is 0 Å². The molecule has 1 atom stereocenters. The number of H-pyrrole nitrogens is 1. The van der Waals surface area contributed by atoms with E-state index in [9.17, 15) is 22.8 Å². The number of hydrogen-bond donors (Lipinski definition) is 2. The first-order chi connectivity index (χ1) is 15.8. The summed E-state index contributed by atoms with van der Waals surface area (Å²) in [6, 6.07) is 6.82. The Morgan fingerprint density at radius 3 is 2.45 bits per heavy atom. The minimum atomic E-state index is -0.980. The number of nitrogens with one attached hydrogen (secondary N) is 2. The van der Waals surface area contributed by atoms with Crippen molar-refractivity contribution in [2.45, 2.75) is 26.3 Å². The van der Waals surface area contributed by atoms with E-state index in [-0.39, 0.29) is 17.6 Å². The maximum Gasteiger partial charge on any atom is 0.257 e. The number of aromatic amines is 1. The summed E-state index contributed by atoms with van der Waals surface area (Å²) in [5, 5.41) is 3.41. The molecule has 0 fully saturated rings. The van der Waals surface area contributed by atoms with Gasteiger partial charge in [-0.1, -0.05) is 26.0 Å². The van der Waals surface area contributed by atoms with E-state index in [1.807, 2.05) is 12.3 Å². The number of hydrogen-bond acceptors (Lipinski definition) is 2. The third-order valence-corrected chi connectivity index (χ3v) is 5.92. The van der Waals surface area contributed by atoms with Gasteiger partial charge in [0.05, 0.1) is 0 Å². The topological polar surface area (TPSA) is 65.2 Å². The summed E-state index contributed by atoms with van der Waals surface area (Å²) < 4.78 is 41.4. The highest BCUT2D eigenvalue weighted by Gasteiger charge is 2.31. The molecule has 1 aromatic heterocycles. The number of halogens is 3. The maximum atomic E-state index is 14.0. The molecular weight excluding hydrogens is 431 g/mol. The standard InChI is InChI=1S/C25H24F3N3O2/c1-14(2)23(30-24(32)22-19(27)4-3-5-20(22)28)25(33)31-10-8-15(9-11-31)18-13-29-21-12-16(26)6-7-17(18)21/h3-8,12-14,23,29H,9-11H2,1-2H3,(H,30,32)/t23-/m0/s1. The average Bonchev–Trinajstić information content (AvgIpc) is 3.19. The molecule has 0 unspecified atom stereocenters. The number of rotatable bonds is 5. The molecule has 4 rings (SSSR count). The van der Waals surface area contributed by atoms with Gasteiger partial charge in [-0.25, -0.2) is 13.2 Å². The fraction of sp³-hybridized carbons (Fsp3) is 0.280. The van der Waals surface area contributed by atoms with Gasteiger partial charge in [0.1, 0.15) is 29.1 Å². The Kier molecular flexibility index (Phi) is 6.26. The van der Waals surface area contributed by atoms with Crippen LogP contribution in [0.15, 0.2) is 48.7 Å². The number of fused-ring (bicyclic) bond motifs is 1. The molecule has 2 amide bonds. The van der Waals surface area contributed by atoms with Gasteiger partial charge in [-0.05, 0) is 48.2 Å². The van der Waals surface area contributed by atoms with E-state index in [4.69, 9.17) is 0 Å². The van der Waals surface area contributed by atoms with Gasteiger partial charge in [-0.15, -0.1) is 0 Å². The summed E-state index contributed by atoms with van der Waals surface area (Å²) in [7, 11) is 0. The van der Waals surface area contributed by atoms with E-state index >= 15 is 0 Å². The fourth-order valence-electron chi connectivity index (χ4n) is 4.12. The zero-order chi connectivity index (χ0) is 23.7. The van der Waals surface area contributed by atoms with E-state index < -0.39 is 29.1 Å². The van der Waals surface area contributed by atoms with Crippen molar-refractivity contribution in [3.05, 3.63) is 77.2 Å². The first-order valence-corrected chi connectivity index (χ1v) is 10.8. The predicted molar refractivity (Wildman–Crippen MR) is 120 cm³/mol. The van der Waals surface area contributed by atoms with Crippen molar-refractivity contribution in [3.63, 3.8) is 0 Å². The van der Waals surface area contributed by atoms with Gasteiger partial charge >= 0.3 is 0 Å². The van der Waals surface area contributed by atoms with E-state index in [0.29, 0.717) is 25.0 Å². The fourth-order valence-corrected chi connectivity index (χ4v) is 4.12. The summed E-state index contributed by atoms with van der Waals surface area (Å²) in [6.07, 6.45) is 4.34. The Labute approximate surface area is 189 Å². The van der Waals surface area contributed by atoms with Crippen LogP contribution >= 0.6 is 0 Å². The minimum Gasteiger partial charge on any atom is -0.360 e. The molecule has 0 aliphatic carbocycles. The lowest BCUT2D eigenvalue weighted by molar-refractivity contribution is -0.133. The van der Waals surface area contributed by atoms with Crippen LogP contribution in [0.3, 0.4) is 0 Å².